The normalized spacial score (nSPS) is 10.7. The van der Waals surface area contributed by atoms with Crippen LogP contribution >= 0.6 is 11.3 Å². The summed E-state index contributed by atoms with van der Waals surface area (Å²) < 4.78 is 0.777. The first-order valence-corrected chi connectivity index (χ1v) is 7.05. The zero-order chi connectivity index (χ0) is 15.0. The number of fused-ring (bicyclic) bond motifs is 1. The highest BCUT2D eigenvalue weighted by molar-refractivity contribution is 7.22. The SMILES string of the molecule is Cc1ccc(O)c(C(=O)Nc2nc3ccc(O)cc3s2)c1. The van der Waals surface area contributed by atoms with Crippen LogP contribution in [-0.2, 0) is 0 Å². The van der Waals surface area contributed by atoms with E-state index in [4.69, 9.17) is 0 Å². The van der Waals surface area contributed by atoms with Gasteiger partial charge in [0.2, 0.25) is 0 Å². The van der Waals surface area contributed by atoms with Crippen LogP contribution in [0.2, 0.25) is 0 Å². The molecule has 0 fully saturated rings. The highest BCUT2D eigenvalue weighted by atomic mass is 32.1. The Morgan fingerprint density at radius 1 is 1.19 bits per heavy atom. The van der Waals surface area contributed by atoms with Crippen LogP contribution in [0.1, 0.15) is 15.9 Å². The maximum absolute atomic E-state index is 12.2. The van der Waals surface area contributed by atoms with Crippen LogP contribution < -0.4 is 5.32 Å². The van der Waals surface area contributed by atoms with Crippen molar-refractivity contribution in [1.29, 1.82) is 0 Å². The number of phenolic OH excluding ortho intramolecular Hbond substituents is 2. The highest BCUT2D eigenvalue weighted by Gasteiger charge is 2.14. The molecule has 0 unspecified atom stereocenters. The molecule has 2 aromatic carbocycles. The number of amides is 1. The molecule has 0 bridgehead atoms. The number of phenols is 2. The van der Waals surface area contributed by atoms with Gasteiger partial charge < -0.3 is 10.2 Å². The highest BCUT2D eigenvalue weighted by Crippen LogP contribution is 2.29. The smallest absolute Gasteiger partial charge is 0.261 e. The van der Waals surface area contributed by atoms with Gasteiger partial charge in [0.25, 0.3) is 5.91 Å². The first-order valence-electron chi connectivity index (χ1n) is 6.23. The van der Waals surface area contributed by atoms with E-state index in [1.165, 1.54) is 17.4 Å². The van der Waals surface area contributed by atoms with E-state index < -0.39 is 5.91 Å². The molecule has 3 N–H and O–H groups in total. The number of carbonyl (C=O) groups is 1. The second-order valence-corrected chi connectivity index (χ2v) is 5.68. The fourth-order valence-electron chi connectivity index (χ4n) is 1.96. The van der Waals surface area contributed by atoms with Crippen LogP contribution in [0.5, 0.6) is 11.5 Å². The molecule has 6 heteroatoms. The number of aromatic nitrogens is 1. The number of hydrogen-bond donors (Lipinski definition) is 3. The van der Waals surface area contributed by atoms with E-state index in [1.807, 2.05) is 6.92 Å². The molecule has 0 aliphatic rings. The Labute approximate surface area is 124 Å². The van der Waals surface area contributed by atoms with Crippen molar-refractivity contribution in [1.82, 2.24) is 4.98 Å². The van der Waals surface area contributed by atoms with Gasteiger partial charge >= 0.3 is 0 Å². The van der Waals surface area contributed by atoms with Crippen LogP contribution in [0.3, 0.4) is 0 Å². The molecule has 0 spiro atoms. The Morgan fingerprint density at radius 3 is 2.81 bits per heavy atom. The Kier molecular flexibility index (Phi) is 3.23. The largest absolute Gasteiger partial charge is 0.508 e. The van der Waals surface area contributed by atoms with Gasteiger partial charge in [0, 0.05) is 0 Å². The Bertz CT molecular complexity index is 842. The zero-order valence-corrected chi connectivity index (χ0v) is 11.9. The standard InChI is InChI=1S/C15H12N2O3S/c1-8-2-5-12(19)10(6-8)14(20)17-15-16-11-4-3-9(18)7-13(11)21-15/h2-7,18-19H,1H3,(H,16,17,20). The first-order chi connectivity index (χ1) is 10.0. The van der Waals surface area contributed by atoms with Gasteiger partial charge in [0.1, 0.15) is 11.5 Å². The lowest BCUT2D eigenvalue weighted by atomic mass is 10.1. The monoisotopic (exact) mass is 300 g/mol. The van der Waals surface area contributed by atoms with Crippen molar-refractivity contribution in [3.8, 4) is 11.5 Å². The number of aromatic hydroxyl groups is 2. The summed E-state index contributed by atoms with van der Waals surface area (Å²) in [5, 5.41) is 22.3. The minimum absolute atomic E-state index is 0.0724. The molecule has 3 rings (SSSR count). The van der Waals surface area contributed by atoms with Gasteiger partial charge in [-0.2, -0.15) is 0 Å². The fraction of sp³-hybridized carbons (Fsp3) is 0.0667. The minimum Gasteiger partial charge on any atom is -0.508 e. The average Bonchev–Trinajstić information content (AvgIpc) is 2.82. The van der Waals surface area contributed by atoms with Gasteiger partial charge in [-0.05, 0) is 37.3 Å². The summed E-state index contributed by atoms with van der Waals surface area (Å²) in [6.45, 7) is 1.84. The Balaban J connectivity index is 1.90. The number of rotatable bonds is 2. The maximum atomic E-state index is 12.2. The molecular weight excluding hydrogens is 288 g/mol. The molecule has 0 aliphatic heterocycles. The predicted octanol–water partition coefficient (Wildman–Crippen LogP) is 3.27. The number of nitrogens with one attached hydrogen (secondary N) is 1. The number of anilines is 1. The van der Waals surface area contributed by atoms with E-state index in [9.17, 15) is 15.0 Å². The van der Waals surface area contributed by atoms with Crippen LogP contribution in [-0.4, -0.2) is 21.1 Å². The number of thiazole rings is 1. The molecule has 1 amide bonds. The predicted molar refractivity (Wildman–Crippen MR) is 82.1 cm³/mol. The van der Waals surface area contributed by atoms with E-state index in [1.54, 1.807) is 30.3 Å². The van der Waals surface area contributed by atoms with E-state index in [0.29, 0.717) is 10.6 Å². The third-order valence-electron chi connectivity index (χ3n) is 2.99. The summed E-state index contributed by atoms with van der Waals surface area (Å²) in [5.41, 5.74) is 1.78. The number of nitrogens with zero attached hydrogens (tertiary/aromatic N) is 1. The lowest BCUT2D eigenvalue weighted by Crippen LogP contribution is -2.12. The number of benzene rings is 2. The van der Waals surface area contributed by atoms with Gasteiger partial charge in [0.05, 0.1) is 15.8 Å². The lowest BCUT2D eigenvalue weighted by Gasteiger charge is -2.05. The van der Waals surface area contributed by atoms with Gasteiger partial charge in [-0.1, -0.05) is 23.0 Å². The lowest BCUT2D eigenvalue weighted by molar-refractivity contribution is 0.102. The molecule has 0 saturated heterocycles. The second kappa shape index (κ2) is 5.06. The first kappa shape index (κ1) is 13.4. The Hall–Kier alpha value is -2.60. The topological polar surface area (TPSA) is 82.5 Å². The summed E-state index contributed by atoms with van der Waals surface area (Å²) in [7, 11) is 0. The van der Waals surface area contributed by atoms with Crippen LogP contribution in [0, 0.1) is 6.92 Å². The second-order valence-electron chi connectivity index (χ2n) is 4.65. The van der Waals surface area contributed by atoms with Crippen molar-refractivity contribution in [3.63, 3.8) is 0 Å². The van der Waals surface area contributed by atoms with Crippen LogP contribution in [0.15, 0.2) is 36.4 Å². The van der Waals surface area contributed by atoms with E-state index in [0.717, 1.165) is 10.3 Å². The van der Waals surface area contributed by atoms with Gasteiger partial charge in [-0.25, -0.2) is 4.98 Å². The molecule has 3 aromatic rings. The summed E-state index contributed by atoms with van der Waals surface area (Å²) in [6, 6.07) is 9.64. The summed E-state index contributed by atoms with van der Waals surface area (Å²) in [4.78, 5) is 16.4. The molecule has 0 radical (unpaired) electrons. The van der Waals surface area contributed by atoms with Crippen molar-refractivity contribution in [2.75, 3.05) is 5.32 Å². The average molecular weight is 300 g/mol. The van der Waals surface area contributed by atoms with E-state index in [-0.39, 0.29) is 17.1 Å². The quantitative estimate of drug-likeness (QED) is 0.678. The zero-order valence-electron chi connectivity index (χ0n) is 11.1. The van der Waals surface area contributed by atoms with Crippen molar-refractivity contribution < 1.29 is 15.0 Å². The van der Waals surface area contributed by atoms with Crippen LogP contribution in [0.4, 0.5) is 5.13 Å². The number of hydrogen-bond acceptors (Lipinski definition) is 5. The molecule has 0 aliphatic carbocycles. The third-order valence-corrected chi connectivity index (χ3v) is 3.92. The fourth-order valence-corrected chi connectivity index (χ4v) is 2.86. The van der Waals surface area contributed by atoms with E-state index >= 15 is 0 Å². The molecule has 1 heterocycles. The van der Waals surface area contributed by atoms with Crippen LogP contribution in [0.25, 0.3) is 10.2 Å². The van der Waals surface area contributed by atoms with Crippen molar-refractivity contribution in [2.45, 2.75) is 6.92 Å². The van der Waals surface area contributed by atoms with Crippen molar-refractivity contribution in [2.24, 2.45) is 0 Å². The third kappa shape index (κ3) is 2.66. The molecular formula is C15H12N2O3S. The van der Waals surface area contributed by atoms with Gasteiger partial charge in [-0.15, -0.1) is 0 Å². The summed E-state index contributed by atoms with van der Waals surface area (Å²) >= 11 is 1.26. The summed E-state index contributed by atoms with van der Waals surface area (Å²) in [6.07, 6.45) is 0. The minimum atomic E-state index is -0.417. The molecule has 0 atom stereocenters. The van der Waals surface area contributed by atoms with Gasteiger partial charge in [-0.3, -0.25) is 10.1 Å². The van der Waals surface area contributed by atoms with Crippen molar-refractivity contribution in [3.05, 3.63) is 47.5 Å². The number of carbonyl (C=O) groups excluding carboxylic acids is 1. The Morgan fingerprint density at radius 2 is 2.00 bits per heavy atom. The summed E-state index contributed by atoms with van der Waals surface area (Å²) in [5.74, 6) is -0.336. The molecule has 5 nitrogen and oxygen atoms in total. The molecule has 21 heavy (non-hydrogen) atoms. The maximum Gasteiger partial charge on any atom is 0.261 e. The molecule has 1 aromatic heterocycles. The molecule has 0 saturated carbocycles. The van der Waals surface area contributed by atoms with E-state index in [2.05, 4.69) is 10.3 Å². The number of aryl methyl sites for hydroxylation is 1. The molecule has 106 valence electrons. The van der Waals surface area contributed by atoms with Crippen molar-refractivity contribution >= 4 is 32.6 Å². The van der Waals surface area contributed by atoms with Gasteiger partial charge in [0.15, 0.2) is 5.13 Å².